The van der Waals surface area contributed by atoms with Crippen LogP contribution in [0.15, 0.2) is 6.20 Å². The molecule has 2 N–H and O–H groups in total. The highest BCUT2D eigenvalue weighted by atomic mass is 16.2. The van der Waals surface area contributed by atoms with Gasteiger partial charge in [-0.3, -0.25) is 9.48 Å². The van der Waals surface area contributed by atoms with Crippen LogP contribution in [0.25, 0.3) is 0 Å². The average molecular weight is 238 g/mol. The van der Waals surface area contributed by atoms with Crippen molar-refractivity contribution in [1.29, 1.82) is 0 Å². The van der Waals surface area contributed by atoms with E-state index in [4.69, 9.17) is 5.73 Å². The number of amides is 1. The third kappa shape index (κ3) is 3.30. The van der Waals surface area contributed by atoms with Gasteiger partial charge in [-0.2, -0.15) is 5.10 Å². The van der Waals surface area contributed by atoms with E-state index < -0.39 is 0 Å². The topological polar surface area (TPSA) is 64.2 Å². The number of nitrogens with two attached hydrogens (primary N) is 1. The van der Waals surface area contributed by atoms with Crippen molar-refractivity contribution in [3.63, 3.8) is 0 Å². The fourth-order valence-corrected chi connectivity index (χ4v) is 1.82. The van der Waals surface area contributed by atoms with Gasteiger partial charge in [0.05, 0.1) is 11.3 Å². The molecule has 0 aliphatic heterocycles. The minimum atomic E-state index is 0.0408. The van der Waals surface area contributed by atoms with Gasteiger partial charge in [-0.15, -0.1) is 0 Å². The number of rotatable bonds is 5. The number of carbonyl (C=O) groups excluding carboxylic acids is 1. The van der Waals surface area contributed by atoms with Gasteiger partial charge in [0, 0.05) is 25.8 Å². The summed E-state index contributed by atoms with van der Waals surface area (Å²) in [5.41, 5.74) is 6.95. The zero-order valence-corrected chi connectivity index (χ0v) is 11.1. The van der Waals surface area contributed by atoms with Crippen molar-refractivity contribution in [3.05, 3.63) is 17.5 Å². The summed E-state index contributed by atoms with van der Waals surface area (Å²) >= 11 is 0. The van der Waals surface area contributed by atoms with Gasteiger partial charge >= 0.3 is 0 Å². The van der Waals surface area contributed by atoms with Crippen LogP contribution in [0.1, 0.15) is 36.3 Å². The highest BCUT2D eigenvalue weighted by Gasteiger charge is 2.21. The molecule has 0 saturated heterocycles. The van der Waals surface area contributed by atoms with Gasteiger partial charge in [0.25, 0.3) is 5.91 Å². The van der Waals surface area contributed by atoms with Gasteiger partial charge in [-0.05, 0) is 33.7 Å². The van der Waals surface area contributed by atoms with Crippen LogP contribution in [-0.2, 0) is 7.05 Å². The average Bonchev–Trinajstić information content (AvgIpc) is 2.57. The molecule has 0 unspecified atom stereocenters. The number of hydrogen-bond donors (Lipinski definition) is 1. The van der Waals surface area contributed by atoms with Crippen LogP contribution in [0.4, 0.5) is 0 Å². The zero-order chi connectivity index (χ0) is 13.0. The number of hydrogen-bond acceptors (Lipinski definition) is 3. The van der Waals surface area contributed by atoms with E-state index in [-0.39, 0.29) is 11.9 Å². The summed E-state index contributed by atoms with van der Waals surface area (Å²) < 4.78 is 1.67. The predicted octanol–water partition coefficient (Wildman–Crippen LogP) is 0.928. The molecule has 0 bridgehead atoms. The van der Waals surface area contributed by atoms with Gasteiger partial charge in [-0.25, -0.2) is 0 Å². The van der Waals surface area contributed by atoms with Crippen molar-refractivity contribution < 1.29 is 4.79 Å². The first-order chi connectivity index (χ1) is 7.97. The molecule has 1 amide bonds. The molecule has 17 heavy (non-hydrogen) atoms. The second kappa shape index (κ2) is 5.82. The summed E-state index contributed by atoms with van der Waals surface area (Å²) in [6, 6.07) is 0.175. The molecule has 5 heteroatoms. The molecule has 1 rings (SSSR count). The molecule has 0 radical (unpaired) electrons. The van der Waals surface area contributed by atoms with Crippen molar-refractivity contribution in [2.75, 3.05) is 13.1 Å². The maximum atomic E-state index is 12.4. The van der Waals surface area contributed by atoms with Crippen molar-refractivity contribution in [2.24, 2.45) is 12.8 Å². The maximum absolute atomic E-state index is 12.4. The Morgan fingerprint density at radius 3 is 2.65 bits per heavy atom. The standard InChI is InChI=1S/C12H22N4O/c1-9(2)16(7-5-6-13)12(17)11-8-15(4)14-10(11)3/h8-9H,5-7,13H2,1-4H3. The monoisotopic (exact) mass is 238 g/mol. The zero-order valence-electron chi connectivity index (χ0n) is 11.1. The van der Waals surface area contributed by atoms with Crippen molar-refractivity contribution in [3.8, 4) is 0 Å². The van der Waals surface area contributed by atoms with Gasteiger partial charge in [-0.1, -0.05) is 0 Å². The van der Waals surface area contributed by atoms with E-state index in [2.05, 4.69) is 5.10 Å². The molecule has 1 aromatic rings. The first-order valence-electron chi connectivity index (χ1n) is 5.98. The second-order valence-electron chi connectivity index (χ2n) is 4.54. The van der Waals surface area contributed by atoms with Crippen LogP contribution < -0.4 is 5.73 Å². The van der Waals surface area contributed by atoms with E-state index in [1.165, 1.54) is 0 Å². The number of aromatic nitrogens is 2. The van der Waals surface area contributed by atoms with Crippen LogP contribution in [0.2, 0.25) is 0 Å². The Bertz CT molecular complexity index is 384. The molecular formula is C12H22N4O. The summed E-state index contributed by atoms with van der Waals surface area (Å²) in [6.07, 6.45) is 2.60. The Labute approximate surface area is 103 Å². The Morgan fingerprint density at radius 1 is 1.59 bits per heavy atom. The summed E-state index contributed by atoms with van der Waals surface area (Å²) in [4.78, 5) is 14.2. The first-order valence-corrected chi connectivity index (χ1v) is 5.98. The fourth-order valence-electron chi connectivity index (χ4n) is 1.82. The molecular weight excluding hydrogens is 216 g/mol. The molecule has 0 saturated carbocycles. The Hall–Kier alpha value is -1.36. The smallest absolute Gasteiger partial charge is 0.257 e. The molecule has 0 fully saturated rings. The van der Waals surface area contributed by atoms with E-state index in [0.29, 0.717) is 18.7 Å². The van der Waals surface area contributed by atoms with Gasteiger partial charge in [0.1, 0.15) is 0 Å². The number of nitrogens with zero attached hydrogens (tertiary/aromatic N) is 3. The summed E-state index contributed by atoms with van der Waals surface area (Å²) in [6.45, 7) is 7.18. The second-order valence-corrected chi connectivity index (χ2v) is 4.54. The van der Waals surface area contributed by atoms with E-state index in [1.807, 2.05) is 32.7 Å². The molecule has 1 aromatic heterocycles. The number of carbonyl (C=O) groups is 1. The minimum absolute atomic E-state index is 0.0408. The van der Waals surface area contributed by atoms with Crippen molar-refractivity contribution in [2.45, 2.75) is 33.2 Å². The van der Waals surface area contributed by atoms with Crippen molar-refractivity contribution >= 4 is 5.91 Å². The van der Waals surface area contributed by atoms with Crippen LogP contribution in [0, 0.1) is 6.92 Å². The third-order valence-electron chi connectivity index (χ3n) is 2.73. The van der Waals surface area contributed by atoms with E-state index in [0.717, 1.165) is 12.1 Å². The molecule has 0 spiro atoms. The van der Waals surface area contributed by atoms with Gasteiger partial charge in [0.15, 0.2) is 0 Å². The highest BCUT2D eigenvalue weighted by molar-refractivity contribution is 5.95. The Morgan fingerprint density at radius 2 is 2.24 bits per heavy atom. The van der Waals surface area contributed by atoms with E-state index in [1.54, 1.807) is 10.9 Å². The molecule has 0 atom stereocenters. The molecule has 0 aromatic carbocycles. The van der Waals surface area contributed by atoms with Crippen molar-refractivity contribution in [1.82, 2.24) is 14.7 Å². The minimum Gasteiger partial charge on any atom is -0.336 e. The highest BCUT2D eigenvalue weighted by Crippen LogP contribution is 2.12. The molecule has 5 nitrogen and oxygen atoms in total. The van der Waals surface area contributed by atoms with Gasteiger partial charge < -0.3 is 10.6 Å². The lowest BCUT2D eigenvalue weighted by molar-refractivity contribution is 0.0704. The molecule has 96 valence electrons. The summed E-state index contributed by atoms with van der Waals surface area (Å²) in [7, 11) is 1.82. The molecule has 0 aliphatic rings. The van der Waals surface area contributed by atoms with Crippen LogP contribution in [-0.4, -0.2) is 39.7 Å². The predicted molar refractivity (Wildman–Crippen MR) is 67.8 cm³/mol. The van der Waals surface area contributed by atoms with E-state index in [9.17, 15) is 4.79 Å². The normalized spacial score (nSPS) is 10.9. The quantitative estimate of drug-likeness (QED) is 0.830. The fraction of sp³-hybridized carbons (Fsp3) is 0.667. The Balaban J connectivity index is 2.87. The maximum Gasteiger partial charge on any atom is 0.257 e. The SMILES string of the molecule is Cc1nn(C)cc1C(=O)N(CCCN)C(C)C. The number of aryl methyl sites for hydroxylation is 2. The third-order valence-corrected chi connectivity index (χ3v) is 2.73. The van der Waals surface area contributed by atoms with Crippen LogP contribution in [0.3, 0.4) is 0 Å². The summed E-state index contributed by atoms with van der Waals surface area (Å²) in [5.74, 6) is 0.0408. The van der Waals surface area contributed by atoms with Crippen LogP contribution >= 0.6 is 0 Å². The summed E-state index contributed by atoms with van der Waals surface area (Å²) in [5, 5.41) is 4.20. The largest absolute Gasteiger partial charge is 0.336 e. The van der Waals surface area contributed by atoms with Crippen LogP contribution in [0.5, 0.6) is 0 Å². The molecule has 1 heterocycles. The lowest BCUT2D eigenvalue weighted by Gasteiger charge is -2.26. The lowest BCUT2D eigenvalue weighted by Crippen LogP contribution is -2.38. The van der Waals surface area contributed by atoms with Gasteiger partial charge in [0.2, 0.25) is 0 Å². The first kappa shape index (κ1) is 13.7. The van der Waals surface area contributed by atoms with E-state index >= 15 is 0 Å². The Kier molecular flexibility index (Phi) is 4.69. The lowest BCUT2D eigenvalue weighted by atomic mass is 10.2. The molecule has 0 aliphatic carbocycles.